The Bertz CT molecular complexity index is 47.7. The van der Waals surface area contributed by atoms with Crippen molar-refractivity contribution < 1.29 is 5.11 Å². The van der Waals surface area contributed by atoms with Crippen LogP contribution in [0.25, 0.3) is 0 Å². The highest BCUT2D eigenvalue weighted by Gasteiger charge is 1.92. The minimum atomic E-state index is -0.651. The third-order valence-electron chi connectivity index (χ3n) is 0.954. The Labute approximate surface area is 49.7 Å². The lowest BCUT2D eigenvalue weighted by molar-refractivity contribution is 0.168. The van der Waals surface area contributed by atoms with Gasteiger partial charge in [0, 0.05) is 0 Å². The molecule has 8 heavy (non-hydrogen) atoms. The number of rotatable bonds is 4. The lowest BCUT2D eigenvalue weighted by Crippen LogP contribution is -2.18. The van der Waals surface area contributed by atoms with E-state index >= 15 is 0 Å². The molecule has 0 saturated heterocycles. The van der Waals surface area contributed by atoms with Crippen molar-refractivity contribution in [3.63, 3.8) is 0 Å². The molecule has 0 heterocycles. The highest BCUT2D eigenvalue weighted by molar-refractivity contribution is 4.45. The number of hydrogen-bond donors (Lipinski definition) is 3. The van der Waals surface area contributed by atoms with E-state index in [2.05, 4.69) is 0 Å². The molecule has 0 amide bonds. The minimum Gasteiger partial charge on any atom is -0.379 e. The molecular weight excluding hydrogens is 104 g/mol. The van der Waals surface area contributed by atoms with Crippen LogP contribution < -0.4 is 11.5 Å². The molecule has 3 nitrogen and oxygen atoms in total. The van der Waals surface area contributed by atoms with Crippen molar-refractivity contribution in [1.29, 1.82) is 0 Å². The zero-order valence-electron chi connectivity index (χ0n) is 5.01. The van der Waals surface area contributed by atoms with Crippen LogP contribution >= 0.6 is 0 Å². The minimum absolute atomic E-state index is 0.651. The van der Waals surface area contributed by atoms with Crippen LogP contribution in [-0.2, 0) is 0 Å². The van der Waals surface area contributed by atoms with Crippen LogP contribution in [-0.4, -0.2) is 17.9 Å². The summed E-state index contributed by atoms with van der Waals surface area (Å²) in [6.07, 6.45) is 1.89. The first kappa shape index (κ1) is 7.88. The summed E-state index contributed by atoms with van der Waals surface area (Å²) in [5.74, 6) is 0. The average Bonchev–Trinajstić information content (AvgIpc) is 1.66. The van der Waals surface area contributed by atoms with Gasteiger partial charge in [-0.3, -0.25) is 0 Å². The molecule has 1 atom stereocenters. The molecule has 1 unspecified atom stereocenters. The molecule has 50 valence electrons. The third kappa shape index (κ3) is 5.88. The van der Waals surface area contributed by atoms with Gasteiger partial charge in [-0.2, -0.15) is 0 Å². The molecule has 0 spiro atoms. The first-order valence-corrected chi connectivity index (χ1v) is 2.91. The lowest BCUT2D eigenvalue weighted by Gasteiger charge is -2.00. The van der Waals surface area contributed by atoms with Crippen molar-refractivity contribution in [1.82, 2.24) is 0 Å². The van der Waals surface area contributed by atoms with Gasteiger partial charge in [-0.1, -0.05) is 0 Å². The van der Waals surface area contributed by atoms with Gasteiger partial charge in [0.05, 0.1) is 0 Å². The van der Waals surface area contributed by atoms with Gasteiger partial charge >= 0.3 is 0 Å². The second-order valence-electron chi connectivity index (χ2n) is 1.85. The van der Waals surface area contributed by atoms with E-state index in [-0.39, 0.29) is 0 Å². The summed E-state index contributed by atoms with van der Waals surface area (Å²) in [5, 5.41) is 8.52. The van der Waals surface area contributed by atoms with Gasteiger partial charge in [0.2, 0.25) is 0 Å². The Morgan fingerprint density at radius 3 is 2.38 bits per heavy atom. The second kappa shape index (κ2) is 5.03. The molecule has 5 N–H and O–H groups in total. The zero-order valence-corrected chi connectivity index (χ0v) is 5.01. The maximum atomic E-state index is 8.52. The molecule has 0 aromatic heterocycles. The SMILES string of the molecule is NCCCCC(N)O. The largest absolute Gasteiger partial charge is 0.379 e. The van der Waals surface area contributed by atoms with Gasteiger partial charge in [-0.15, -0.1) is 0 Å². The average molecular weight is 118 g/mol. The lowest BCUT2D eigenvalue weighted by atomic mass is 10.2. The van der Waals surface area contributed by atoms with E-state index in [4.69, 9.17) is 16.6 Å². The van der Waals surface area contributed by atoms with E-state index in [1.54, 1.807) is 0 Å². The van der Waals surface area contributed by atoms with Crippen molar-refractivity contribution in [3.8, 4) is 0 Å². The van der Waals surface area contributed by atoms with Crippen molar-refractivity contribution >= 4 is 0 Å². The summed E-state index contributed by atoms with van der Waals surface area (Å²) >= 11 is 0. The molecule has 0 saturated carbocycles. The fraction of sp³-hybridized carbons (Fsp3) is 1.00. The van der Waals surface area contributed by atoms with E-state index < -0.39 is 6.23 Å². The fourth-order valence-electron chi connectivity index (χ4n) is 0.498. The number of aliphatic hydroxyl groups excluding tert-OH is 1. The highest BCUT2D eigenvalue weighted by Crippen LogP contribution is 1.93. The number of unbranched alkanes of at least 4 members (excludes halogenated alkanes) is 1. The maximum absolute atomic E-state index is 8.52. The van der Waals surface area contributed by atoms with E-state index in [9.17, 15) is 0 Å². The van der Waals surface area contributed by atoms with E-state index in [0.29, 0.717) is 13.0 Å². The third-order valence-corrected chi connectivity index (χ3v) is 0.954. The molecule has 0 aliphatic carbocycles. The number of hydrogen-bond acceptors (Lipinski definition) is 3. The maximum Gasteiger partial charge on any atom is 0.102 e. The van der Waals surface area contributed by atoms with Crippen LogP contribution in [0.4, 0.5) is 0 Å². The summed E-state index contributed by atoms with van der Waals surface area (Å²) in [5.41, 5.74) is 10.2. The molecule has 0 rings (SSSR count). The molecule has 0 bridgehead atoms. The predicted octanol–water partition coefficient (Wildman–Crippen LogP) is -0.607. The standard InChI is InChI=1S/C5H14N2O/c6-4-2-1-3-5(7)8/h5,8H,1-4,6-7H2. The molecule has 0 aliphatic heterocycles. The molecule has 0 radical (unpaired) electrons. The molecule has 0 aromatic carbocycles. The molecular formula is C5H14N2O. The van der Waals surface area contributed by atoms with Crippen LogP contribution in [0.3, 0.4) is 0 Å². The first-order valence-electron chi connectivity index (χ1n) is 2.91. The number of aliphatic hydroxyl groups is 1. The quantitative estimate of drug-likeness (QED) is 0.340. The van der Waals surface area contributed by atoms with Crippen molar-refractivity contribution in [2.24, 2.45) is 11.5 Å². The Balaban J connectivity index is 2.72. The van der Waals surface area contributed by atoms with Gasteiger partial charge < -0.3 is 16.6 Å². The van der Waals surface area contributed by atoms with Crippen molar-refractivity contribution in [2.75, 3.05) is 6.54 Å². The first-order chi connectivity index (χ1) is 3.77. The molecule has 0 aromatic rings. The van der Waals surface area contributed by atoms with Crippen LogP contribution in [0, 0.1) is 0 Å². The fourth-order valence-corrected chi connectivity index (χ4v) is 0.498. The van der Waals surface area contributed by atoms with Gasteiger partial charge in [0.25, 0.3) is 0 Å². The number of nitrogens with two attached hydrogens (primary N) is 2. The molecule has 0 fully saturated rings. The normalized spacial score (nSPS) is 13.9. The van der Waals surface area contributed by atoms with Crippen LogP contribution in [0.5, 0.6) is 0 Å². The Morgan fingerprint density at radius 2 is 2.00 bits per heavy atom. The molecule has 0 aliphatic rings. The van der Waals surface area contributed by atoms with Gasteiger partial charge in [-0.25, -0.2) is 0 Å². The zero-order chi connectivity index (χ0) is 6.41. The Morgan fingerprint density at radius 1 is 1.38 bits per heavy atom. The van der Waals surface area contributed by atoms with E-state index in [0.717, 1.165) is 12.8 Å². The van der Waals surface area contributed by atoms with Gasteiger partial charge in [0.1, 0.15) is 6.23 Å². The van der Waals surface area contributed by atoms with Crippen LogP contribution in [0.2, 0.25) is 0 Å². The van der Waals surface area contributed by atoms with Crippen LogP contribution in [0.1, 0.15) is 19.3 Å². The predicted molar refractivity (Wildman–Crippen MR) is 33.1 cm³/mol. The van der Waals surface area contributed by atoms with E-state index in [1.165, 1.54) is 0 Å². The Kier molecular flexibility index (Phi) is 4.95. The summed E-state index contributed by atoms with van der Waals surface area (Å²) in [6.45, 7) is 0.687. The van der Waals surface area contributed by atoms with Crippen molar-refractivity contribution in [3.05, 3.63) is 0 Å². The Hall–Kier alpha value is -0.120. The molecule has 3 heteroatoms. The van der Waals surface area contributed by atoms with Gasteiger partial charge in [-0.05, 0) is 25.8 Å². The van der Waals surface area contributed by atoms with Gasteiger partial charge in [0.15, 0.2) is 0 Å². The highest BCUT2D eigenvalue weighted by atomic mass is 16.3. The second-order valence-corrected chi connectivity index (χ2v) is 1.85. The van der Waals surface area contributed by atoms with Crippen molar-refractivity contribution in [2.45, 2.75) is 25.5 Å². The summed E-state index contributed by atoms with van der Waals surface area (Å²) < 4.78 is 0. The summed E-state index contributed by atoms with van der Waals surface area (Å²) in [6, 6.07) is 0. The topological polar surface area (TPSA) is 72.3 Å². The van der Waals surface area contributed by atoms with Crippen LogP contribution in [0.15, 0.2) is 0 Å². The summed E-state index contributed by atoms with van der Waals surface area (Å²) in [4.78, 5) is 0. The smallest absolute Gasteiger partial charge is 0.102 e. The summed E-state index contributed by atoms with van der Waals surface area (Å²) in [7, 11) is 0. The monoisotopic (exact) mass is 118 g/mol. The van der Waals surface area contributed by atoms with E-state index in [1.807, 2.05) is 0 Å².